The van der Waals surface area contributed by atoms with E-state index < -0.39 is 24.7 Å². The van der Waals surface area contributed by atoms with Gasteiger partial charge in [0.1, 0.15) is 6.10 Å². The molecule has 1 fully saturated rings. The van der Waals surface area contributed by atoms with Crippen molar-refractivity contribution in [1.82, 2.24) is 5.32 Å². The molecular weight excluding hydrogens is 294 g/mol. The lowest BCUT2D eigenvalue weighted by Gasteiger charge is -2.36. The molecule has 1 aromatic carbocycles. The SMILES string of the molecule is NC1COC(C(F)F)C(c2cccc(Br)c2)N1. The van der Waals surface area contributed by atoms with E-state index in [9.17, 15) is 8.78 Å². The van der Waals surface area contributed by atoms with E-state index in [-0.39, 0.29) is 6.61 Å². The molecule has 17 heavy (non-hydrogen) atoms. The van der Waals surface area contributed by atoms with Crippen molar-refractivity contribution in [3.63, 3.8) is 0 Å². The molecule has 0 saturated carbocycles. The maximum atomic E-state index is 12.9. The van der Waals surface area contributed by atoms with Crippen LogP contribution in [0.3, 0.4) is 0 Å². The highest BCUT2D eigenvalue weighted by atomic mass is 79.9. The Morgan fingerprint density at radius 3 is 2.88 bits per heavy atom. The predicted molar refractivity (Wildman–Crippen MR) is 63.7 cm³/mol. The Morgan fingerprint density at radius 2 is 2.24 bits per heavy atom. The summed E-state index contributed by atoms with van der Waals surface area (Å²) in [4.78, 5) is 0. The summed E-state index contributed by atoms with van der Waals surface area (Å²) in [5.41, 5.74) is 6.41. The lowest BCUT2D eigenvalue weighted by Crippen LogP contribution is -2.54. The van der Waals surface area contributed by atoms with Crippen LogP contribution in [0.25, 0.3) is 0 Å². The molecule has 3 atom stereocenters. The van der Waals surface area contributed by atoms with E-state index in [0.29, 0.717) is 0 Å². The molecule has 1 aliphatic rings. The van der Waals surface area contributed by atoms with Crippen molar-refractivity contribution in [2.24, 2.45) is 5.73 Å². The quantitative estimate of drug-likeness (QED) is 0.879. The topological polar surface area (TPSA) is 47.3 Å². The largest absolute Gasteiger partial charge is 0.367 e. The van der Waals surface area contributed by atoms with E-state index in [4.69, 9.17) is 10.5 Å². The molecule has 1 aliphatic heterocycles. The molecule has 2 rings (SSSR count). The molecule has 3 unspecified atom stereocenters. The second kappa shape index (κ2) is 5.39. The van der Waals surface area contributed by atoms with E-state index >= 15 is 0 Å². The van der Waals surface area contributed by atoms with Gasteiger partial charge < -0.3 is 10.5 Å². The Balaban J connectivity index is 2.25. The molecule has 0 radical (unpaired) electrons. The van der Waals surface area contributed by atoms with Crippen LogP contribution in [-0.4, -0.2) is 25.3 Å². The molecule has 3 N–H and O–H groups in total. The standard InChI is InChI=1S/C11H13BrF2N2O/c12-7-3-1-2-6(4-7)9-10(11(13)14)17-5-8(15)16-9/h1-4,8-11,16H,5,15H2. The van der Waals surface area contributed by atoms with E-state index in [2.05, 4.69) is 21.2 Å². The number of ether oxygens (including phenoxy) is 1. The Kier molecular flexibility index (Phi) is 4.09. The van der Waals surface area contributed by atoms with Crippen LogP contribution in [0.15, 0.2) is 28.7 Å². The van der Waals surface area contributed by atoms with Crippen LogP contribution in [0.2, 0.25) is 0 Å². The first-order valence-electron chi connectivity index (χ1n) is 5.25. The van der Waals surface area contributed by atoms with E-state index in [0.717, 1.165) is 10.0 Å². The number of alkyl halides is 2. The fourth-order valence-electron chi connectivity index (χ4n) is 1.89. The number of benzene rings is 1. The molecular formula is C11H13BrF2N2O. The number of rotatable bonds is 2. The van der Waals surface area contributed by atoms with Crippen LogP contribution in [0.4, 0.5) is 8.78 Å². The minimum atomic E-state index is -2.54. The second-order valence-corrected chi connectivity index (χ2v) is 4.85. The van der Waals surface area contributed by atoms with Crippen LogP contribution in [0.5, 0.6) is 0 Å². The third-order valence-electron chi connectivity index (χ3n) is 2.65. The van der Waals surface area contributed by atoms with Gasteiger partial charge in [0.2, 0.25) is 0 Å². The van der Waals surface area contributed by atoms with Gasteiger partial charge >= 0.3 is 0 Å². The maximum absolute atomic E-state index is 12.9. The molecule has 6 heteroatoms. The first-order chi connectivity index (χ1) is 8.08. The molecule has 3 nitrogen and oxygen atoms in total. The van der Waals surface area contributed by atoms with Crippen molar-refractivity contribution < 1.29 is 13.5 Å². The Labute approximate surface area is 106 Å². The number of nitrogens with one attached hydrogen (secondary N) is 1. The van der Waals surface area contributed by atoms with Gasteiger partial charge in [-0.1, -0.05) is 28.1 Å². The zero-order chi connectivity index (χ0) is 12.4. The van der Waals surface area contributed by atoms with Crippen molar-refractivity contribution in [3.05, 3.63) is 34.3 Å². The van der Waals surface area contributed by atoms with Gasteiger partial charge in [0.25, 0.3) is 6.43 Å². The number of hydrogen-bond acceptors (Lipinski definition) is 3. The summed E-state index contributed by atoms with van der Waals surface area (Å²) in [7, 11) is 0. The van der Waals surface area contributed by atoms with Crippen LogP contribution >= 0.6 is 15.9 Å². The van der Waals surface area contributed by atoms with Gasteiger partial charge in [-0.05, 0) is 17.7 Å². The Morgan fingerprint density at radius 1 is 1.47 bits per heavy atom. The molecule has 1 saturated heterocycles. The molecule has 0 spiro atoms. The molecule has 0 aliphatic carbocycles. The average molecular weight is 307 g/mol. The summed E-state index contributed by atoms with van der Waals surface area (Å²) < 4.78 is 31.7. The highest BCUT2D eigenvalue weighted by Gasteiger charge is 2.36. The van der Waals surface area contributed by atoms with Gasteiger partial charge in [0, 0.05) is 4.47 Å². The van der Waals surface area contributed by atoms with Crippen molar-refractivity contribution in [2.45, 2.75) is 24.7 Å². The van der Waals surface area contributed by atoms with Gasteiger partial charge in [-0.3, -0.25) is 5.32 Å². The minimum absolute atomic E-state index is 0.0967. The average Bonchev–Trinajstić information content (AvgIpc) is 2.28. The normalized spacial score (nSPS) is 29.6. The lowest BCUT2D eigenvalue weighted by molar-refractivity contribution is -0.106. The van der Waals surface area contributed by atoms with Crippen LogP contribution in [0, 0.1) is 0 Å². The molecule has 1 heterocycles. The number of halogens is 3. The van der Waals surface area contributed by atoms with Gasteiger partial charge in [0.05, 0.1) is 18.8 Å². The van der Waals surface area contributed by atoms with Crippen molar-refractivity contribution in [3.8, 4) is 0 Å². The second-order valence-electron chi connectivity index (χ2n) is 3.94. The smallest absolute Gasteiger partial charge is 0.266 e. The molecule has 94 valence electrons. The summed E-state index contributed by atoms with van der Waals surface area (Å²) in [5.74, 6) is 0. The van der Waals surface area contributed by atoms with Gasteiger partial charge in [0.15, 0.2) is 0 Å². The third-order valence-corrected chi connectivity index (χ3v) is 3.14. The molecule has 1 aromatic rings. The summed E-state index contributed by atoms with van der Waals surface area (Å²) in [6.45, 7) is 0.0967. The number of hydrogen-bond donors (Lipinski definition) is 2. The fourth-order valence-corrected chi connectivity index (χ4v) is 2.31. The van der Waals surface area contributed by atoms with Crippen LogP contribution < -0.4 is 11.1 Å². The first kappa shape index (κ1) is 12.9. The Hall–Kier alpha value is -0.560. The van der Waals surface area contributed by atoms with Gasteiger partial charge in [-0.15, -0.1) is 0 Å². The third kappa shape index (κ3) is 3.01. The first-order valence-corrected chi connectivity index (χ1v) is 6.04. The predicted octanol–water partition coefficient (Wildman–Crippen LogP) is 2.03. The summed E-state index contributed by atoms with van der Waals surface area (Å²) in [5, 5.41) is 2.94. The van der Waals surface area contributed by atoms with Crippen LogP contribution in [-0.2, 0) is 4.74 Å². The zero-order valence-electron chi connectivity index (χ0n) is 8.95. The lowest BCUT2D eigenvalue weighted by atomic mass is 10.00. The molecule has 0 aromatic heterocycles. The van der Waals surface area contributed by atoms with Gasteiger partial charge in [-0.25, -0.2) is 8.78 Å². The highest BCUT2D eigenvalue weighted by Crippen LogP contribution is 2.28. The summed E-state index contributed by atoms with van der Waals surface area (Å²) in [6, 6.07) is 6.61. The molecule has 0 amide bonds. The van der Waals surface area contributed by atoms with Crippen LogP contribution in [0.1, 0.15) is 11.6 Å². The zero-order valence-corrected chi connectivity index (χ0v) is 10.5. The van der Waals surface area contributed by atoms with Crippen molar-refractivity contribution in [2.75, 3.05) is 6.61 Å². The maximum Gasteiger partial charge on any atom is 0.266 e. The monoisotopic (exact) mass is 306 g/mol. The molecule has 0 bridgehead atoms. The number of morpholine rings is 1. The van der Waals surface area contributed by atoms with E-state index in [1.807, 2.05) is 6.07 Å². The summed E-state index contributed by atoms with van der Waals surface area (Å²) in [6.07, 6.45) is -4.13. The van der Waals surface area contributed by atoms with E-state index in [1.165, 1.54) is 0 Å². The Bertz CT molecular complexity index is 391. The highest BCUT2D eigenvalue weighted by molar-refractivity contribution is 9.10. The number of nitrogens with two attached hydrogens (primary N) is 1. The van der Waals surface area contributed by atoms with Crippen molar-refractivity contribution >= 4 is 15.9 Å². The fraction of sp³-hybridized carbons (Fsp3) is 0.455. The summed E-state index contributed by atoms with van der Waals surface area (Å²) >= 11 is 3.31. The minimum Gasteiger partial charge on any atom is -0.367 e. The van der Waals surface area contributed by atoms with Gasteiger partial charge in [-0.2, -0.15) is 0 Å². The van der Waals surface area contributed by atoms with Crippen molar-refractivity contribution in [1.29, 1.82) is 0 Å². The van der Waals surface area contributed by atoms with E-state index in [1.54, 1.807) is 18.2 Å².